The highest BCUT2D eigenvalue weighted by Gasteiger charge is 2.21. The van der Waals surface area contributed by atoms with Crippen molar-refractivity contribution in [3.8, 4) is 0 Å². The number of hydrogen-bond acceptors (Lipinski definition) is 6. The van der Waals surface area contributed by atoms with Crippen LogP contribution in [0.2, 0.25) is 0 Å². The van der Waals surface area contributed by atoms with Crippen LogP contribution in [0, 0.1) is 5.92 Å². The number of pyridine rings is 1. The van der Waals surface area contributed by atoms with Crippen LogP contribution in [-0.2, 0) is 4.79 Å². The zero-order valence-electron chi connectivity index (χ0n) is 16.3. The van der Waals surface area contributed by atoms with Crippen LogP contribution >= 0.6 is 0 Å². The van der Waals surface area contributed by atoms with Gasteiger partial charge in [0.1, 0.15) is 5.69 Å². The number of amides is 2. The summed E-state index contributed by atoms with van der Waals surface area (Å²) >= 11 is 0. The summed E-state index contributed by atoms with van der Waals surface area (Å²) < 4.78 is 0. The summed E-state index contributed by atoms with van der Waals surface area (Å²) in [6, 6.07) is 3.74. The van der Waals surface area contributed by atoms with Gasteiger partial charge in [-0.15, -0.1) is 0 Å². The minimum Gasteiger partial charge on any atom is -0.350 e. The van der Waals surface area contributed by atoms with Gasteiger partial charge in [-0.2, -0.15) is 0 Å². The summed E-state index contributed by atoms with van der Waals surface area (Å²) in [7, 11) is 0. The fraction of sp³-hybridized carbons (Fsp3) is 0.450. The van der Waals surface area contributed by atoms with E-state index in [0.29, 0.717) is 42.1 Å². The molecule has 0 aromatic carbocycles. The topological polar surface area (TPSA) is 100 Å². The number of nitrogens with one attached hydrogen (secondary N) is 2. The second-order valence-corrected chi connectivity index (χ2v) is 7.31. The zero-order chi connectivity index (χ0) is 19.9. The maximum Gasteiger partial charge on any atom is 0.269 e. The van der Waals surface area contributed by atoms with Crippen molar-refractivity contribution in [2.24, 2.45) is 5.92 Å². The Hall–Kier alpha value is -3.03. The predicted octanol–water partition coefficient (Wildman–Crippen LogP) is 2.21. The van der Waals surface area contributed by atoms with E-state index in [9.17, 15) is 9.59 Å². The molecule has 148 valence electrons. The van der Waals surface area contributed by atoms with Crippen molar-refractivity contribution in [1.29, 1.82) is 0 Å². The quantitative estimate of drug-likeness (QED) is 0.712. The number of anilines is 2. The lowest BCUT2D eigenvalue weighted by molar-refractivity contribution is -0.105. The van der Waals surface area contributed by atoms with Gasteiger partial charge in [0.2, 0.25) is 12.4 Å². The van der Waals surface area contributed by atoms with Gasteiger partial charge >= 0.3 is 0 Å². The molecule has 1 aliphatic rings. The van der Waals surface area contributed by atoms with E-state index in [1.54, 1.807) is 24.7 Å². The van der Waals surface area contributed by atoms with Crippen LogP contribution in [0.4, 0.5) is 11.6 Å². The van der Waals surface area contributed by atoms with Crippen LogP contribution < -0.4 is 15.5 Å². The third-order valence-electron chi connectivity index (χ3n) is 5.00. The van der Waals surface area contributed by atoms with E-state index in [1.165, 1.54) is 0 Å². The van der Waals surface area contributed by atoms with Gasteiger partial charge in [0, 0.05) is 25.8 Å². The summed E-state index contributed by atoms with van der Waals surface area (Å²) in [5, 5.41) is 5.53. The number of nitrogens with zero attached hydrogens (tertiary/aromatic N) is 4. The molecule has 2 aromatic heterocycles. The number of piperidine rings is 1. The molecule has 1 saturated heterocycles. The highest BCUT2D eigenvalue weighted by atomic mass is 16.1. The number of rotatable bonds is 7. The smallest absolute Gasteiger partial charge is 0.269 e. The van der Waals surface area contributed by atoms with Gasteiger partial charge in [0.05, 0.1) is 18.1 Å². The Kier molecular flexibility index (Phi) is 6.52. The first-order chi connectivity index (χ1) is 13.6. The number of hydrogen-bond donors (Lipinski definition) is 2. The Bertz CT molecular complexity index is 783. The second-order valence-electron chi connectivity index (χ2n) is 7.31. The third-order valence-corrected chi connectivity index (χ3v) is 5.00. The van der Waals surface area contributed by atoms with E-state index in [4.69, 9.17) is 0 Å². The molecular weight excluding hydrogens is 356 g/mol. The number of carbonyl (C=O) groups is 2. The monoisotopic (exact) mass is 382 g/mol. The maximum atomic E-state index is 12.3. The van der Waals surface area contributed by atoms with Gasteiger partial charge in [-0.3, -0.25) is 14.6 Å². The summed E-state index contributed by atoms with van der Waals surface area (Å²) in [5.74, 6) is 1.36. The predicted molar refractivity (Wildman–Crippen MR) is 107 cm³/mol. The molecule has 2 amide bonds. The molecular formula is C20H26N6O2. The lowest BCUT2D eigenvalue weighted by Gasteiger charge is -2.32. The molecule has 0 radical (unpaired) electrons. The van der Waals surface area contributed by atoms with E-state index in [1.807, 2.05) is 6.07 Å². The van der Waals surface area contributed by atoms with Crippen molar-refractivity contribution in [3.05, 3.63) is 42.0 Å². The molecule has 3 heterocycles. The van der Waals surface area contributed by atoms with E-state index in [2.05, 4.69) is 44.3 Å². The van der Waals surface area contributed by atoms with Gasteiger partial charge in [0.15, 0.2) is 0 Å². The van der Waals surface area contributed by atoms with Crippen LogP contribution in [-0.4, -0.2) is 46.9 Å². The van der Waals surface area contributed by atoms with E-state index >= 15 is 0 Å². The highest BCUT2D eigenvalue weighted by Crippen LogP contribution is 2.20. The lowest BCUT2D eigenvalue weighted by atomic mass is 9.97. The number of aromatic nitrogens is 3. The van der Waals surface area contributed by atoms with Gasteiger partial charge < -0.3 is 15.5 Å². The maximum absolute atomic E-state index is 12.3. The molecule has 8 heteroatoms. The molecule has 0 bridgehead atoms. The van der Waals surface area contributed by atoms with Crippen molar-refractivity contribution in [3.63, 3.8) is 0 Å². The van der Waals surface area contributed by atoms with Gasteiger partial charge in [0.25, 0.3) is 5.91 Å². The molecule has 1 aliphatic heterocycles. The van der Waals surface area contributed by atoms with E-state index in [0.717, 1.165) is 31.5 Å². The first kappa shape index (κ1) is 19.7. The lowest BCUT2D eigenvalue weighted by Crippen LogP contribution is -2.39. The Morgan fingerprint density at radius 1 is 1.18 bits per heavy atom. The summed E-state index contributed by atoms with van der Waals surface area (Å²) in [6.45, 7) is 6.52. The average Bonchev–Trinajstić information content (AvgIpc) is 2.73. The van der Waals surface area contributed by atoms with Crippen molar-refractivity contribution in [2.75, 3.05) is 29.9 Å². The van der Waals surface area contributed by atoms with Crippen molar-refractivity contribution < 1.29 is 9.59 Å². The van der Waals surface area contributed by atoms with Gasteiger partial charge in [-0.05, 0) is 36.3 Å². The normalized spacial score (nSPS) is 14.8. The van der Waals surface area contributed by atoms with E-state index < -0.39 is 0 Å². The molecule has 0 aliphatic carbocycles. The molecule has 0 saturated carbocycles. The van der Waals surface area contributed by atoms with E-state index in [-0.39, 0.29) is 5.91 Å². The van der Waals surface area contributed by atoms with Crippen molar-refractivity contribution >= 4 is 24.0 Å². The van der Waals surface area contributed by atoms with Crippen LogP contribution in [0.25, 0.3) is 0 Å². The Morgan fingerprint density at radius 2 is 1.89 bits per heavy atom. The molecule has 2 N–H and O–H groups in total. The number of carbonyl (C=O) groups excluding carboxylic acids is 2. The zero-order valence-corrected chi connectivity index (χ0v) is 16.3. The van der Waals surface area contributed by atoms with Crippen molar-refractivity contribution in [1.82, 2.24) is 20.3 Å². The fourth-order valence-electron chi connectivity index (χ4n) is 3.17. The molecule has 2 aromatic rings. The summed E-state index contributed by atoms with van der Waals surface area (Å²) in [5.41, 5.74) is 2.16. The molecule has 28 heavy (non-hydrogen) atoms. The largest absolute Gasteiger partial charge is 0.350 e. The SMILES string of the molecule is CC(C)c1ccc(C(=O)NCC2CCN(c3ncc(NC=O)cn3)CC2)nc1. The fourth-order valence-corrected chi connectivity index (χ4v) is 3.17. The highest BCUT2D eigenvalue weighted by molar-refractivity contribution is 5.92. The first-order valence-electron chi connectivity index (χ1n) is 9.58. The Balaban J connectivity index is 1.45. The Morgan fingerprint density at radius 3 is 2.46 bits per heavy atom. The molecule has 3 rings (SSSR count). The third kappa shape index (κ3) is 5.03. The first-order valence-corrected chi connectivity index (χ1v) is 9.58. The molecule has 0 unspecified atom stereocenters. The minimum absolute atomic E-state index is 0.126. The molecule has 0 spiro atoms. The van der Waals surface area contributed by atoms with Crippen LogP contribution in [0.1, 0.15) is 48.7 Å². The van der Waals surface area contributed by atoms with Gasteiger partial charge in [-0.1, -0.05) is 19.9 Å². The molecule has 0 atom stereocenters. The molecule has 1 fully saturated rings. The minimum atomic E-state index is -0.126. The van der Waals surface area contributed by atoms with Crippen molar-refractivity contribution in [2.45, 2.75) is 32.6 Å². The summed E-state index contributed by atoms with van der Waals surface area (Å²) in [6.07, 6.45) is 7.48. The van der Waals surface area contributed by atoms with Gasteiger partial charge in [-0.25, -0.2) is 9.97 Å². The Labute approximate surface area is 164 Å². The standard InChI is InChI=1S/C20H26N6O2/c1-14(2)16-3-4-18(21-10-16)19(28)22-9-15-5-7-26(8-6-15)20-23-11-17(12-24-20)25-13-27/h3-4,10-15H,5-9H2,1-2H3,(H,22,28)(H,25,27). The average molecular weight is 382 g/mol. The second kappa shape index (κ2) is 9.25. The van der Waals surface area contributed by atoms with Crippen LogP contribution in [0.15, 0.2) is 30.7 Å². The summed E-state index contributed by atoms with van der Waals surface area (Å²) in [4.78, 5) is 37.7. The van der Waals surface area contributed by atoms with Crippen LogP contribution in [0.5, 0.6) is 0 Å². The molecule has 8 nitrogen and oxygen atoms in total. The van der Waals surface area contributed by atoms with Crippen LogP contribution in [0.3, 0.4) is 0 Å².